The zero-order chi connectivity index (χ0) is 9.47. The van der Waals surface area contributed by atoms with E-state index in [0.29, 0.717) is 0 Å². The molecule has 72 valence electrons. The lowest BCUT2D eigenvalue weighted by Gasteiger charge is -2.29. The minimum atomic E-state index is -0.0888. The van der Waals surface area contributed by atoms with Crippen molar-refractivity contribution in [3.8, 4) is 6.07 Å². The number of nitriles is 1. The van der Waals surface area contributed by atoms with Gasteiger partial charge in [-0.2, -0.15) is 5.26 Å². The average Bonchev–Trinajstić information content (AvgIpc) is 2.78. The van der Waals surface area contributed by atoms with Gasteiger partial charge in [0.05, 0.1) is 6.07 Å². The SMILES string of the molecule is CC(C)C1CCCC2(C1)OC2C#N. The number of hydrogen-bond donors (Lipinski definition) is 0. The van der Waals surface area contributed by atoms with E-state index in [1.807, 2.05) is 0 Å². The zero-order valence-corrected chi connectivity index (χ0v) is 8.42. The van der Waals surface area contributed by atoms with Crippen molar-refractivity contribution in [1.29, 1.82) is 5.26 Å². The lowest BCUT2D eigenvalue weighted by molar-refractivity contribution is 0.161. The van der Waals surface area contributed by atoms with Crippen LogP contribution in [0, 0.1) is 23.2 Å². The first-order valence-electron chi connectivity index (χ1n) is 5.25. The van der Waals surface area contributed by atoms with Crippen molar-refractivity contribution in [2.24, 2.45) is 11.8 Å². The first-order chi connectivity index (χ1) is 6.18. The Hall–Kier alpha value is -0.550. The molecule has 1 spiro atoms. The number of hydrogen-bond acceptors (Lipinski definition) is 2. The van der Waals surface area contributed by atoms with E-state index in [-0.39, 0.29) is 11.7 Å². The second-order valence-electron chi connectivity index (χ2n) is 4.79. The first-order valence-corrected chi connectivity index (χ1v) is 5.25. The summed E-state index contributed by atoms with van der Waals surface area (Å²) in [5.41, 5.74) is -0.0120. The molecule has 13 heavy (non-hydrogen) atoms. The highest BCUT2D eigenvalue weighted by atomic mass is 16.6. The predicted octanol–water partition coefficient (Wildman–Crippen LogP) is 2.49. The molecular weight excluding hydrogens is 162 g/mol. The van der Waals surface area contributed by atoms with E-state index >= 15 is 0 Å². The molecule has 0 N–H and O–H groups in total. The number of nitrogens with zero attached hydrogens (tertiary/aromatic N) is 1. The molecule has 3 atom stereocenters. The summed E-state index contributed by atoms with van der Waals surface area (Å²) < 4.78 is 5.51. The predicted molar refractivity (Wildman–Crippen MR) is 50.0 cm³/mol. The maximum absolute atomic E-state index is 8.77. The van der Waals surface area contributed by atoms with Crippen LogP contribution in [0.3, 0.4) is 0 Å². The smallest absolute Gasteiger partial charge is 0.173 e. The topological polar surface area (TPSA) is 36.3 Å². The fraction of sp³-hybridized carbons (Fsp3) is 0.909. The molecular formula is C11H17NO. The summed E-state index contributed by atoms with van der Waals surface area (Å²) in [6.07, 6.45) is 4.69. The Labute approximate surface area is 79.9 Å². The molecule has 2 nitrogen and oxygen atoms in total. The number of rotatable bonds is 1. The van der Waals surface area contributed by atoms with Crippen LogP contribution in [-0.2, 0) is 4.74 Å². The van der Waals surface area contributed by atoms with Crippen LogP contribution in [0.15, 0.2) is 0 Å². The van der Waals surface area contributed by atoms with Gasteiger partial charge in [0.1, 0.15) is 5.60 Å². The quantitative estimate of drug-likeness (QED) is 0.580. The molecule has 0 aromatic rings. The number of epoxide rings is 1. The van der Waals surface area contributed by atoms with Gasteiger partial charge in [0.15, 0.2) is 6.10 Å². The Bertz CT molecular complexity index is 243. The van der Waals surface area contributed by atoms with Crippen molar-refractivity contribution in [2.75, 3.05) is 0 Å². The summed E-state index contributed by atoms with van der Waals surface area (Å²) >= 11 is 0. The highest BCUT2D eigenvalue weighted by molar-refractivity contribution is 5.15. The molecule has 0 aromatic heterocycles. The highest BCUT2D eigenvalue weighted by Crippen LogP contribution is 2.50. The maximum atomic E-state index is 8.77. The van der Waals surface area contributed by atoms with Crippen molar-refractivity contribution in [3.05, 3.63) is 0 Å². The van der Waals surface area contributed by atoms with E-state index in [1.54, 1.807) is 0 Å². The molecule has 1 aliphatic heterocycles. The Morgan fingerprint density at radius 2 is 2.31 bits per heavy atom. The van der Waals surface area contributed by atoms with E-state index in [2.05, 4.69) is 19.9 Å². The fourth-order valence-corrected chi connectivity index (χ4v) is 2.57. The van der Waals surface area contributed by atoms with Gasteiger partial charge in [-0.3, -0.25) is 0 Å². The van der Waals surface area contributed by atoms with Gasteiger partial charge in [0.25, 0.3) is 0 Å². The van der Waals surface area contributed by atoms with Gasteiger partial charge in [-0.1, -0.05) is 20.3 Å². The molecule has 2 rings (SSSR count). The van der Waals surface area contributed by atoms with E-state index in [9.17, 15) is 0 Å². The van der Waals surface area contributed by atoms with E-state index in [1.165, 1.54) is 12.8 Å². The van der Waals surface area contributed by atoms with Crippen LogP contribution >= 0.6 is 0 Å². The standard InChI is InChI=1S/C11H17NO/c1-8(2)9-4-3-5-11(6-9)10(7-12)13-11/h8-10H,3-6H2,1-2H3. The molecule has 0 radical (unpaired) electrons. The molecule has 2 heteroatoms. The summed E-state index contributed by atoms with van der Waals surface area (Å²) in [7, 11) is 0. The molecule has 0 amide bonds. The van der Waals surface area contributed by atoms with Crippen LogP contribution in [0.1, 0.15) is 39.5 Å². The zero-order valence-electron chi connectivity index (χ0n) is 8.42. The molecule has 2 fully saturated rings. The third-order valence-corrected chi connectivity index (χ3v) is 3.62. The Kier molecular flexibility index (Phi) is 2.08. The van der Waals surface area contributed by atoms with Crippen molar-refractivity contribution < 1.29 is 4.74 Å². The van der Waals surface area contributed by atoms with Crippen molar-refractivity contribution in [1.82, 2.24) is 0 Å². The second kappa shape index (κ2) is 2.99. The van der Waals surface area contributed by atoms with Gasteiger partial charge in [0.2, 0.25) is 0 Å². The summed E-state index contributed by atoms with van der Waals surface area (Å²) in [6, 6.07) is 2.24. The van der Waals surface area contributed by atoms with Gasteiger partial charge in [-0.25, -0.2) is 0 Å². The lowest BCUT2D eigenvalue weighted by atomic mass is 9.75. The molecule has 1 heterocycles. The van der Waals surface area contributed by atoms with Crippen LogP contribution in [0.5, 0.6) is 0 Å². The van der Waals surface area contributed by atoms with Crippen molar-refractivity contribution in [2.45, 2.75) is 51.2 Å². The van der Waals surface area contributed by atoms with Gasteiger partial charge in [0, 0.05) is 0 Å². The molecule has 3 unspecified atom stereocenters. The molecule has 1 saturated heterocycles. The van der Waals surface area contributed by atoms with Gasteiger partial charge in [-0.05, 0) is 31.1 Å². The van der Waals surface area contributed by atoms with Crippen LogP contribution in [-0.4, -0.2) is 11.7 Å². The minimum Gasteiger partial charge on any atom is -0.350 e. The minimum absolute atomic E-state index is 0.0120. The summed E-state index contributed by atoms with van der Waals surface area (Å²) in [4.78, 5) is 0. The lowest BCUT2D eigenvalue weighted by Crippen LogP contribution is -2.27. The van der Waals surface area contributed by atoms with E-state index in [0.717, 1.165) is 24.7 Å². The normalized spacial score (nSPS) is 43.5. The van der Waals surface area contributed by atoms with Gasteiger partial charge >= 0.3 is 0 Å². The Balaban J connectivity index is 1.99. The molecule has 0 bridgehead atoms. The molecule has 1 saturated carbocycles. The first kappa shape index (κ1) is 9.02. The molecule has 0 aromatic carbocycles. The van der Waals surface area contributed by atoms with Crippen LogP contribution in [0.2, 0.25) is 0 Å². The third-order valence-electron chi connectivity index (χ3n) is 3.62. The monoisotopic (exact) mass is 179 g/mol. The number of ether oxygens (including phenoxy) is 1. The van der Waals surface area contributed by atoms with Gasteiger partial charge < -0.3 is 4.74 Å². The average molecular weight is 179 g/mol. The summed E-state index contributed by atoms with van der Waals surface area (Å²) in [6.45, 7) is 4.54. The Morgan fingerprint density at radius 3 is 2.85 bits per heavy atom. The highest BCUT2D eigenvalue weighted by Gasteiger charge is 2.58. The van der Waals surface area contributed by atoms with Crippen LogP contribution in [0.4, 0.5) is 0 Å². The largest absolute Gasteiger partial charge is 0.350 e. The van der Waals surface area contributed by atoms with Crippen molar-refractivity contribution >= 4 is 0 Å². The van der Waals surface area contributed by atoms with E-state index in [4.69, 9.17) is 10.00 Å². The maximum Gasteiger partial charge on any atom is 0.173 e. The summed E-state index contributed by atoms with van der Waals surface area (Å²) in [5, 5.41) is 8.77. The van der Waals surface area contributed by atoms with E-state index < -0.39 is 0 Å². The second-order valence-corrected chi connectivity index (χ2v) is 4.79. The molecule has 2 aliphatic rings. The fourth-order valence-electron chi connectivity index (χ4n) is 2.57. The Morgan fingerprint density at radius 1 is 1.54 bits per heavy atom. The summed E-state index contributed by atoms with van der Waals surface area (Å²) in [5.74, 6) is 1.51. The van der Waals surface area contributed by atoms with Crippen LogP contribution < -0.4 is 0 Å². The van der Waals surface area contributed by atoms with Crippen molar-refractivity contribution in [3.63, 3.8) is 0 Å². The third kappa shape index (κ3) is 1.46. The van der Waals surface area contributed by atoms with Crippen LogP contribution in [0.25, 0.3) is 0 Å². The molecule has 1 aliphatic carbocycles. The van der Waals surface area contributed by atoms with Gasteiger partial charge in [-0.15, -0.1) is 0 Å².